The zero-order chi connectivity index (χ0) is 11.4. The summed E-state index contributed by atoms with van der Waals surface area (Å²) in [5, 5.41) is 0. The smallest absolute Gasteiger partial charge is 0.260 e. The Balaban J connectivity index is 2.12. The molecule has 86 valence electrons. The molecule has 0 bridgehead atoms. The van der Waals surface area contributed by atoms with Crippen molar-refractivity contribution in [1.29, 1.82) is 0 Å². The lowest BCUT2D eigenvalue weighted by atomic mass is 10.6. The van der Waals surface area contributed by atoms with E-state index in [9.17, 15) is 0 Å². The van der Waals surface area contributed by atoms with Crippen LogP contribution < -0.4 is 10.5 Å². The average molecular weight is 222 g/mol. The van der Waals surface area contributed by atoms with E-state index in [4.69, 9.17) is 15.2 Å². The van der Waals surface area contributed by atoms with Gasteiger partial charge in [-0.3, -0.25) is 4.40 Å². The lowest BCUT2D eigenvalue weighted by molar-refractivity contribution is 0.109. The second-order valence-electron chi connectivity index (χ2n) is 3.17. The van der Waals surface area contributed by atoms with Gasteiger partial charge in [0.1, 0.15) is 12.4 Å². The first-order valence-corrected chi connectivity index (χ1v) is 5.11. The lowest BCUT2D eigenvalue weighted by Gasteiger charge is -2.07. The van der Waals surface area contributed by atoms with Crippen LogP contribution in [0.2, 0.25) is 0 Å². The van der Waals surface area contributed by atoms with Gasteiger partial charge in [0, 0.05) is 19.0 Å². The minimum Gasteiger partial charge on any atom is -0.473 e. The summed E-state index contributed by atoms with van der Waals surface area (Å²) in [6.45, 7) is 3.57. The first-order chi connectivity index (χ1) is 7.81. The SMILES string of the molecule is CCOCCOc1nc(N)cn2ccnc12. The molecule has 2 rings (SSSR count). The second-order valence-corrected chi connectivity index (χ2v) is 3.17. The summed E-state index contributed by atoms with van der Waals surface area (Å²) >= 11 is 0. The number of aromatic nitrogens is 3. The van der Waals surface area contributed by atoms with Crippen molar-refractivity contribution >= 4 is 11.5 Å². The largest absolute Gasteiger partial charge is 0.473 e. The number of imidazole rings is 1. The molecule has 0 saturated heterocycles. The van der Waals surface area contributed by atoms with Crippen molar-refractivity contribution in [2.75, 3.05) is 25.6 Å². The maximum Gasteiger partial charge on any atom is 0.260 e. The number of hydrogen-bond donors (Lipinski definition) is 1. The van der Waals surface area contributed by atoms with Crippen LogP contribution in [0.15, 0.2) is 18.6 Å². The molecule has 6 nitrogen and oxygen atoms in total. The molecule has 0 spiro atoms. The van der Waals surface area contributed by atoms with Crippen LogP contribution in [-0.4, -0.2) is 34.2 Å². The van der Waals surface area contributed by atoms with Crippen molar-refractivity contribution in [3.05, 3.63) is 18.6 Å². The summed E-state index contributed by atoms with van der Waals surface area (Å²) in [4.78, 5) is 8.23. The molecule has 0 aromatic carbocycles. The van der Waals surface area contributed by atoms with E-state index in [0.717, 1.165) is 0 Å². The molecule has 2 heterocycles. The fraction of sp³-hybridized carbons (Fsp3) is 0.400. The van der Waals surface area contributed by atoms with E-state index in [1.807, 2.05) is 6.92 Å². The van der Waals surface area contributed by atoms with Crippen molar-refractivity contribution in [1.82, 2.24) is 14.4 Å². The van der Waals surface area contributed by atoms with Gasteiger partial charge < -0.3 is 15.2 Å². The average Bonchev–Trinajstić information content (AvgIpc) is 2.72. The molecule has 0 amide bonds. The van der Waals surface area contributed by atoms with Gasteiger partial charge in [0.15, 0.2) is 0 Å². The highest BCUT2D eigenvalue weighted by Crippen LogP contribution is 2.16. The van der Waals surface area contributed by atoms with Crippen LogP contribution in [0.25, 0.3) is 5.65 Å². The summed E-state index contributed by atoms with van der Waals surface area (Å²) in [5.74, 6) is 0.835. The number of hydrogen-bond acceptors (Lipinski definition) is 5. The minimum atomic E-state index is 0.400. The van der Waals surface area contributed by atoms with Gasteiger partial charge in [-0.2, -0.15) is 4.98 Å². The van der Waals surface area contributed by atoms with Crippen LogP contribution in [0.4, 0.5) is 5.82 Å². The topological polar surface area (TPSA) is 74.7 Å². The molecule has 2 aromatic heterocycles. The van der Waals surface area contributed by atoms with Gasteiger partial charge in [-0.25, -0.2) is 4.98 Å². The third-order valence-electron chi connectivity index (χ3n) is 2.03. The molecule has 16 heavy (non-hydrogen) atoms. The Morgan fingerprint density at radius 2 is 2.31 bits per heavy atom. The van der Waals surface area contributed by atoms with E-state index in [2.05, 4.69) is 9.97 Å². The molecule has 0 aliphatic heterocycles. The molecular weight excluding hydrogens is 208 g/mol. The van der Waals surface area contributed by atoms with Crippen LogP contribution in [0, 0.1) is 0 Å². The Morgan fingerprint density at radius 3 is 3.12 bits per heavy atom. The molecule has 2 aromatic rings. The van der Waals surface area contributed by atoms with E-state index >= 15 is 0 Å². The molecule has 0 saturated carbocycles. The standard InChI is InChI=1S/C10H14N4O2/c1-2-15-5-6-16-10-9-12-3-4-14(9)7-8(11)13-10/h3-4,7H,2,5-6,11H2,1H3. The van der Waals surface area contributed by atoms with E-state index in [1.54, 1.807) is 23.0 Å². The van der Waals surface area contributed by atoms with E-state index in [-0.39, 0.29) is 0 Å². The summed E-state index contributed by atoms with van der Waals surface area (Å²) in [6, 6.07) is 0. The Kier molecular flexibility index (Phi) is 3.21. The fourth-order valence-corrected chi connectivity index (χ4v) is 1.36. The van der Waals surface area contributed by atoms with Gasteiger partial charge in [-0.05, 0) is 6.92 Å². The maximum atomic E-state index is 5.64. The predicted molar refractivity (Wildman–Crippen MR) is 59.4 cm³/mol. The van der Waals surface area contributed by atoms with E-state index in [0.29, 0.717) is 37.2 Å². The number of rotatable bonds is 5. The van der Waals surface area contributed by atoms with Crippen LogP contribution in [0.3, 0.4) is 0 Å². The van der Waals surface area contributed by atoms with Gasteiger partial charge in [0.25, 0.3) is 5.88 Å². The molecule has 0 fully saturated rings. The molecule has 0 atom stereocenters. The predicted octanol–water partition coefficient (Wildman–Crippen LogP) is 0.727. The quantitative estimate of drug-likeness (QED) is 0.755. The van der Waals surface area contributed by atoms with Crippen molar-refractivity contribution in [2.24, 2.45) is 0 Å². The Morgan fingerprint density at radius 1 is 1.44 bits per heavy atom. The first kappa shape index (κ1) is 10.7. The zero-order valence-corrected chi connectivity index (χ0v) is 9.09. The molecule has 0 radical (unpaired) electrons. The van der Waals surface area contributed by atoms with E-state index < -0.39 is 0 Å². The van der Waals surface area contributed by atoms with Crippen LogP contribution in [0.1, 0.15) is 6.92 Å². The van der Waals surface area contributed by atoms with Crippen molar-refractivity contribution in [3.63, 3.8) is 0 Å². The van der Waals surface area contributed by atoms with Crippen molar-refractivity contribution in [3.8, 4) is 5.88 Å². The normalized spacial score (nSPS) is 10.8. The first-order valence-electron chi connectivity index (χ1n) is 5.11. The number of nitrogen functional groups attached to an aromatic ring is 1. The molecule has 0 unspecified atom stereocenters. The molecular formula is C10H14N4O2. The molecule has 0 aliphatic rings. The van der Waals surface area contributed by atoms with Crippen LogP contribution in [0.5, 0.6) is 5.88 Å². The fourth-order valence-electron chi connectivity index (χ4n) is 1.36. The number of fused-ring (bicyclic) bond motifs is 1. The van der Waals surface area contributed by atoms with Crippen molar-refractivity contribution in [2.45, 2.75) is 6.92 Å². The third-order valence-corrected chi connectivity index (χ3v) is 2.03. The summed E-state index contributed by atoms with van der Waals surface area (Å²) in [7, 11) is 0. The van der Waals surface area contributed by atoms with Gasteiger partial charge in [-0.15, -0.1) is 0 Å². The summed E-state index contributed by atoms with van der Waals surface area (Å²) in [6.07, 6.45) is 5.16. The molecule has 0 aliphatic carbocycles. The van der Waals surface area contributed by atoms with Gasteiger partial charge >= 0.3 is 0 Å². The van der Waals surface area contributed by atoms with Crippen molar-refractivity contribution < 1.29 is 9.47 Å². The van der Waals surface area contributed by atoms with Gasteiger partial charge in [0.05, 0.1) is 12.8 Å². The van der Waals surface area contributed by atoms with Crippen LogP contribution >= 0.6 is 0 Å². The summed E-state index contributed by atoms with van der Waals surface area (Å²) in [5.41, 5.74) is 6.30. The number of nitrogens with zero attached hydrogens (tertiary/aromatic N) is 3. The highest BCUT2D eigenvalue weighted by Gasteiger charge is 2.06. The highest BCUT2D eigenvalue weighted by atomic mass is 16.5. The number of nitrogens with two attached hydrogens (primary N) is 1. The minimum absolute atomic E-state index is 0.400. The number of anilines is 1. The maximum absolute atomic E-state index is 5.64. The summed E-state index contributed by atoms with van der Waals surface area (Å²) < 4.78 is 12.4. The Labute approximate surface area is 93.0 Å². The molecule has 2 N–H and O–H groups in total. The Hall–Kier alpha value is -1.82. The molecule has 6 heteroatoms. The number of ether oxygens (including phenoxy) is 2. The second kappa shape index (κ2) is 4.80. The van der Waals surface area contributed by atoms with Gasteiger partial charge in [0.2, 0.25) is 5.65 Å². The Bertz CT molecular complexity index is 469. The monoisotopic (exact) mass is 222 g/mol. The van der Waals surface area contributed by atoms with E-state index in [1.165, 1.54) is 0 Å². The van der Waals surface area contributed by atoms with Crippen LogP contribution in [-0.2, 0) is 4.74 Å². The third kappa shape index (κ3) is 2.22. The highest BCUT2D eigenvalue weighted by molar-refractivity contribution is 5.52. The van der Waals surface area contributed by atoms with Gasteiger partial charge in [-0.1, -0.05) is 0 Å². The zero-order valence-electron chi connectivity index (χ0n) is 9.09. The lowest BCUT2D eigenvalue weighted by Crippen LogP contribution is -2.09.